The molecule has 5 heteroatoms. The number of nitrogens with zero attached hydrogens (tertiary/aromatic N) is 2. The van der Waals surface area contributed by atoms with Gasteiger partial charge >= 0.3 is 5.97 Å². The molecule has 3 rings (SSSR count). The minimum Gasteiger partial charge on any atom is -0.422 e. The molecule has 0 aliphatic rings. The summed E-state index contributed by atoms with van der Waals surface area (Å²) in [6.45, 7) is 6.44. The molecule has 0 N–H and O–H groups in total. The highest BCUT2D eigenvalue weighted by molar-refractivity contribution is 7.07. The van der Waals surface area contributed by atoms with Crippen LogP contribution in [0.15, 0.2) is 54.6 Å². The maximum Gasteiger partial charge on any atom is 0.357 e. The molecule has 1 heterocycles. The number of hydrogen-bond acceptors (Lipinski definition) is 5. The van der Waals surface area contributed by atoms with Crippen molar-refractivity contribution in [3.8, 4) is 5.75 Å². The number of benzene rings is 2. The van der Waals surface area contributed by atoms with Gasteiger partial charge in [-0.2, -0.15) is 0 Å². The number of esters is 1. The van der Waals surface area contributed by atoms with Gasteiger partial charge in [-0.3, -0.25) is 0 Å². The Bertz CT molecular complexity index is 849. The first kappa shape index (κ1) is 17.3. The number of rotatable bonds is 4. The van der Waals surface area contributed by atoms with E-state index in [9.17, 15) is 4.79 Å². The quantitative estimate of drug-likeness (QED) is 0.507. The Balaban J connectivity index is 1.73. The summed E-state index contributed by atoms with van der Waals surface area (Å²) >= 11 is 1.07. The van der Waals surface area contributed by atoms with Crippen molar-refractivity contribution >= 4 is 17.5 Å². The highest BCUT2D eigenvalue weighted by Gasteiger charge is 2.19. The van der Waals surface area contributed by atoms with Crippen molar-refractivity contribution in [2.75, 3.05) is 0 Å². The maximum atomic E-state index is 12.5. The number of carbonyl (C=O) groups is 1. The predicted molar refractivity (Wildman–Crippen MR) is 99.3 cm³/mol. The summed E-state index contributed by atoms with van der Waals surface area (Å²) in [6, 6.07) is 17.5. The van der Waals surface area contributed by atoms with E-state index in [2.05, 4.69) is 30.4 Å². The molecule has 3 aromatic rings. The molecule has 0 fully saturated rings. The van der Waals surface area contributed by atoms with Gasteiger partial charge in [-0.05, 0) is 40.2 Å². The smallest absolute Gasteiger partial charge is 0.357 e. The van der Waals surface area contributed by atoms with E-state index in [1.54, 1.807) is 0 Å². The number of carbonyl (C=O) groups excluding carboxylic acids is 1. The van der Waals surface area contributed by atoms with Crippen LogP contribution >= 0.6 is 11.5 Å². The molecule has 25 heavy (non-hydrogen) atoms. The average molecular weight is 352 g/mol. The van der Waals surface area contributed by atoms with E-state index in [-0.39, 0.29) is 5.41 Å². The fourth-order valence-corrected chi connectivity index (χ4v) is 3.00. The summed E-state index contributed by atoms with van der Waals surface area (Å²) in [6.07, 6.45) is 0.560. The fraction of sp³-hybridized carbons (Fsp3) is 0.250. The van der Waals surface area contributed by atoms with Crippen molar-refractivity contribution in [1.82, 2.24) is 9.59 Å². The lowest BCUT2D eigenvalue weighted by molar-refractivity contribution is 0.0738. The Morgan fingerprint density at radius 3 is 2.36 bits per heavy atom. The van der Waals surface area contributed by atoms with Crippen LogP contribution in [-0.4, -0.2) is 15.6 Å². The van der Waals surface area contributed by atoms with Crippen molar-refractivity contribution in [3.63, 3.8) is 0 Å². The number of hydrogen-bond donors (Lipinski definition) is 0. The molecule has 0 saturated heterocycles. The lowest BCUT2D eigenvalue weighted by atomic mass is 9.87. The van der Waals surface area contributed by atoms with Gasteiger partial charge in [0.15, 0.2) is 4.88 Å². The Morgan fingerprint density at radius 1 is 1.04 bits per heavy atom. The molecular weight excluding hydrogens is 332 g/mol. The van der Waals surface area contributed by atoms with Crippen LogP contribution in [0.4, 0.5) is 0 Å². The van der Waals surface area contributed by atoms with E-state index >= 15 is 0 Å². The monoisotopic (exact) mass is 352 g/mol. The van der Waals surface area contributed by atoms with E-state index in [4.69, 9.17) is 4.74 Å². The third-order valence-electron chi connectivity index (χ3n) is 3.89. The standard InChI is InChI=1S/C20H20N2O2S/c1-20(2,3)15-9-11-16(12-10-15)24-19(23)18-17(21-22-25-18)13-14-7-5-4-6-8-14/h4-12H,13H2,1-3H3. The third-order valence-corrected chi connectivity index (χ3v) is 4.63. The second-order valence-corrected chi connectivity index (χ2v) is 7.63. The normalized spacial score (nSPS) is 11.3. The summed E-state index contributed by atoms with van der Waals surface area (Å²) in [5, 5.41) is 4.09. The molecule has 0 radical (unpaired) electrons. The third kappa shape index (κ3) is 4.31. The van der Waals surface area contributed by atoms with Crippen LogP contribution in [0.25, 0.3) is 0 Å². The van der Waals surface area contributed by atoms with Crippen molar-refractivity contribution in [3.05, 3.63) is 76.3 Å². The van der Waals surface area contributed by atoms with Gasteiger partial charge in [0.2, 0.25) is 0 Å². The van der Waals surface area contributed by atoms with E-state index in [0.717, 1.165) is 17.1 Å². The van der Waals surface area contributed by atoms with Crippen molar-refractivity contribution in [1.29, 1.82) is 0 Å². The molecule has 128 valence electrons. The summed E-state index contributed by atoms with van der Waals surface area (Å²) < 4.78 is 9.41. The van der Waals surface area contributed by atoms with Crippen molar-refractivity contribution < 1.29 is 9.53 Å². The van der Waals surface area contributed by atoms with Gasteiger partial charge in [-0.25, -0.2) is 4.79 Å². The maximum absolute atomic E-state index is 12.5. The second-order valence-electron chi connectivity index (χ2n) is 6.88. The highest BCUT2D eigenvalue weighted by Crippen LogP contribution is 2.25. The summed E-state index contributed by atoms with van der Waals surface area (Å²) in [7, 11) is 0. The first-order valence-corrected chi connectivity index (χ1v) is 8.89. The highest BCUT2D eigenvalue weighted by atomic mass is 32.1. The average Bonchev–Trinajstić information content (AvgIpc) is 3.04. The van der Waals surface area contributed by atoms with Crippen LogP contribution in [0, 0.1) is 0 Å². The summed E-state index contributed by atoms with van der Waals surface area (Å²) in [5.41, 5.74) is 2.98. The van der Waals surface area contributed by atoms with Crippen LogP contribution in [0.3, 0.4) is 0 Å². The van der Waals surface area contributed by atoms with Gasteiger partial charge in [-0.1, -0.05) is 67.7 Å². The first-order valence-electron chi connectivity index (χ1n) is 8.11. The zero-order valence-corrected chi connectivity index (χ0v) is 15.3. The SMILES string of the molecule is CC(C)(C)c1ccc(OC(=O)c2snnc2Cc2ccccc2)cc1. The molecule has 1 aromatic heterocycles. The fourth-order valence-electron chi connectivity index (χ4n) is 2.44. The van der Waals surface area contributed by atoms with Crippen molar-refractivity contribution in [2.24, 2.45) is 0 Å². The van der Waals surface area contributed by atoms with Crippen LogP contribution < -0.4 is 4.74 Å². The van der Waals surface area contributed by atoms with Gasteiger partial charge in [0.25, 0.3) is 0 Å². The molecular formula is C20H20N2O2S. The van der Waals surface area contributed by atoms with E-state index in [1.807, 2.05) is 54.6 Å². The van der Waals surface area contributed by atoms with Gasteiger partial charge in [0.05, 0.1) is 5.69 Å². The molecule has 0 atom stereocenters. The zero-order chi connectivity index (χ0) is 17.9. The van der Waals surface area contributed by atoms with Crippen LogP contribution in [0.2, 0.25) is 0 Å². The van der Waals surface area contributed by atoms with Crippen molar-refractivity contribution in [2.45, 2.75) is 32.6 Å². The van der Waals surface area contributed by atoms with Crippen LogP contribution in [-0.2, 0) is 11.8 Å². The van der Waals surface area contributed by atoms with Gasteiger partial charge in [0.1, 0.15) is 5.75 Å². The molecule has 4 nitrogen and oxygen atoms in total. The molecule has 2 aromatic carbocycles. The lowest BCUT2D eigenvalue weighted by Crippen LogP contribution is -2.12. The Kier molecular flexibility index (Phi) is 4.95. The minimum absolute atomic E-state index is 0.0625. The molecule has 0 aliphatic carbocycles. The predicted octanol–water partition coefficient (Wildman–Crippen LogP) is 4.65. The van der Waals surface area contributed by atoms with E-state index in [1.165, 1.54) is 5.56 Å². The summed E-state index contributed by atoms with van der Waals surface area (Å²) in [5.74, 6) is 0.113. The summed E-state index contributed by atoms with van der Waals surface area (Å²) in [4.78, 5) is 12.9. The second kappa shape index (κ2) is 7.15. The molecule has 0 bridgehead atoms. The zero-order valence-electron chi connectivity index (χ0n) is 14.5. The minimum atomic E-state index is -0.413. The molecule has 0 amide bonds. The van der Waals surface area contributed by atoms with Crippen LogP contribution in [0.5, 0.6) is 5.75 Å². The lowest BCUT2D eigenvalue weighted by Gasteiger charge is -2.18. The first-order chi connectivity index (χ1) is 11.9. The van der Waals surface area contributed by atoms with Gasteiger partial charge < -0.3 is 4.74 Å². The molecule has 0 unspecified atom stereocenters. The van der Waals surface area contributed by atoms with Crippen LogP contribution in [0.1, 0.15) is 47.3 Å². The Morgan fingerprint density at radius 2 is 1.72 bits per heavy atom. The Hall–Kier alpha value is -2.53. The van der Waals surface area contributed by atoms with E-state index in [0.29, 0.717) is 22.7 Å². The number of aromatic nitrogens is 2. The topological polar surface area (TPSA) is 52.1 Å². The Labute approximate surface area is 151 Å². The molecule has 0 spiro atoms. The largest absolute Gasteiger partial charge is 0.422 e. The molecule has 0 saturated carbocycles. The van der Waals surface area contributed by atoms with Gasteiger partial charge in [0, 0.05) is 6.42 Å². The molecule has 0 aliphatic heterocycles. The van der Waals surface area contributed by atoms with E-state index < -0.39 is 5.97 Å². The number of ether oxygens (including phenoxy) is 1. The van der Waals surface area contributed by atoms with Gasteiger partial charge in [-0.15, -0.1) is 5.10 Å².